The van der Waals surface area contributed by atoms with Crippen LogP contribution in [0.2, 0.25) is 0 Å². The molecule has 2 aromatic carbocycles. The molecule has 0 aliphatic heterocycles. The smallest absolute Gasteiger partial charge is 0.311 e. The van der Waals surface area contributed by atoms with E-state index in [-0.39, 0.29) is 23.8 Å². The van der Waals surface area contributed by atoms with Crippen LogP contribution in [0.3, 0.4) is 0 Å². The van der Waals surface area contributed by atoms with Crippen molar-refractivity contribution in [3.05, 3.63) is 63.7 Å². The average Bonchev–Trinajstić information content (AvgIpc) is 2.61. The van der Waals surface area contributed by atoms with Crippen molar-refractivity contribution in [2.24, 2.45) is 5.84 Å². The summed E-state index contributed by atoms with van der Waals surface area (Å²) < 4.78 is 4.92. The van der Waals surface area contributed by atoms with E-state index in [4.69, 9.17) is 10.6 Å². The van der Waals surface area contributed by atoms with Crippen LogP contribution in [0.25, 0.3) is 0 Å². The molecule has 0 aliphatic rings. The van der Waals surface area contributed by atoms with Crippen LogP contribution in [0.15, 0.2) is 42.5 Å². The van der Waals surface area contributed by atoms with Gasteiger partial charge in [0.25, 0.3) is 5.91 Å². The van der Waals surface area contributed by atoms with Gasteiger partial charge in [-0.25, -0.2) is 5.84 Å². The molecule has 0 aliphatic carbocycles. The summed E-state index contributed by atoms with van der Waals surface area (Å²) in [7, 11) is 1.34. The fraction of sp³-hybridized carbons (Fsp3) is 0.125. The Hall–Kier alpha value is -3.46. The Morgan fingerprint density at radius 1 is 1.20 bits per heavy atom. The van der Waals surface area contributed by atoms with Crippen molar-refractivity contribution in [1.29, 1.82) is 0 Å². The van der Waals surface area contributed by atoms with Crippen molar-refractivity contribution < 1.29 is 19.2 Å². The van der Waals surface area contributed by atoms with Crippen LogP contribution in [0.4, 0.5) is 11.4 Å². The molecule has 0 saturated carbocycles. The number of nitro benzene ring substituents is 1. The molecule has 0 bridgehead atoms. The number of methoxy groups -OCH3 is 1. The van der Waals surface area contributed by atoms with Crippen molar-refractivity contribution in [1.82, 2.24) is 5.43 Å². The summed E-state index contributed by atoms with van der Waals surface area (Å²) in [4.78, 5) is 33.9. The molecule has 2 aromatic rings. The molecule has 130 valence electrons. The number of hydrazine groups is 1. The van der Waals surface area contributed by atoms with Crippen LogP contribution in [-0.4, -0.2) is 23.8 Å². The summed E-state index contributed by atoms with van der Waals surface area (Å²) in [6.07, 6.45) is -0.0458. The standard InChI is InChI=1S/C16H16N4O5/c1-25-14-7-2-10(8-13(14)20(23)24)9-15(21)18-12-5-3-11(4-6-12)16(22)19-17/h2-8H,9,17H2,1H3,(H,18,21)(H,19,22). The highest BCUT2D eigenvalue weighted by Gasteiger charge is 2.16. The van der Waals surface area contributed by atoms with Crippen molar-refractivity contribution in [2.75, 3.05) is 12.4 Å². The molecule has 0 spiro atoms. The second kappa shape index (κ2) is 7.88. The largest absolute Gasteiger partial charge is 0.490 e. The summed E-state index contributed by atoms with van der Waals surface area (Å²) in [6.45, 7) is 0. The Balaban J connectivity index is 2.06. The first kappa shape index (κ1) is 17.9. The summed E-state index contributed by atoms with van der Waals surface area (Å²) in [5, 5.41) is 13.7. The molecular weight excluding hydrogens is 328 g/mol. The third kappa shape index (κ3) is 4.52. The first-order valence-electron chi connectivity index (χ1n) is 7.16. The van der Waals surface area contributed by atoms with E-state index in [1.54, 1.807) is 18.2 Å². The van der Waals surface area contributed by atoms with E-state index in [1.807, 2.05) is 5.43 Å². The minimum absolute atomic E-state index is 0.0458. The number of nitrogens with one attached hydrogen (secondary N) is 2. The minimum Gasteiger partial charge on any atom is -0.490 e. The zero-order chi connectivity index (χ0) is 18.4. The Morgan fingerprint density at radius 3 is 2.44 bits per heavy atom. The van der Waals surface area contributed by atoms with Crippen LogP contribution >= 0.6 is 0 Å². The molecule has 9 nitrogen and oxygen atoms in total. The van der Waals surface area contributed by atoms with Gasteiger partial charge in [-0.15, -0.1) is 0 Å². The summed E-state index contributed by atoms with van der Waals surface area (Å²) in [5.74, 6) is 4.37. The molecule has 0 atom stereocenters. The maximum Gasteiger partial charge on any atom is 0.311 e. The van der Waals surface area contributed by atoms with E-state index in [2.05, 4.69) is 5.32 Å². The number of hydrogen-bond acceptors (Lipinski definition) is 6. The van der Waals surface area contributed by atoms with Gasteiger partial charge < -0.3 is 10.1 Å². The molecule has 0 radical (unpaired) electrons. The Morgan fingerprint density at radius 2 is 1.88 bits per heavy atom. The normalized spacial score (nSPS) is 10.0. The molecule has 0 heterocycles. The lowest BCUT2D eigenvalue weighted by Gasteiger charge is -2.07. The van der Waals surface area contributed by atoms with Gasteiger partial charge in [0.1, 0.15) is 0 Å². The van der Waals surface area contributed by atoms with Gasteiger partial charge in [-0.05, 0) is 35.9 Å². The molecule has 0 saturated heterocycles. The van der Waals surface area contributed by atoms with Crippen LogP contribution in [0, 0.1) is 10.1 Å². The van der Waals surface area contributed by atoms with E-state index in [0.717, 1.165) is 0 Å². The number of rotatable bonds is 6. The van der Waals surface area contributed by atoms with Crippen LogP contribution in [0.1, 0.15) is 15.9 Å². The molecule has 4 N–H and O–H groups in total. The molecule has 0 unspecified atom stereocenters. The molecule has 2 rings (SSSR count). The summed E-state index contributed by atoms with van der Waals surface area (Å²) in [5.41, 5.74) is 3.12. The summed E-state index contributed by atoms with van der Waals surface area (Å²) in [6, 6.07) is 10.5. The van der Waals surface area contributed by atoms with Crippen LogP contribution in [-0.2, 0) is 11.2 Å². The number of benzene rings is 2. The zero-order valence-corrected chi connectivity index (χ0v) is 13.3. The lowest BCUT2D eigenvalue weighted by atomic mass is 10.1. The van der Waals surface area contributed by atoms with E-state index in [0.29, 0.717) is 16.8 Å². The van der Waals surface area contributed by atoms with E-state index in [9.17, 15) is 19.7 Å². The fourth-order valence-corrected chi connectivity index (χ4v) is 2.17. The number of anilines is 1. The van der Waals surface area contributed by atoms with E-state index < -0.39 is 10.8 Å². The highest BCUT2D eigenvalue weighted by Crippen LogP contribution is 2.27. The first-order valence-corrected chi connectivity index (χ1v) is 7.16. The predicted molar refractivity (Wildman–Crippen MR) is 90.1 cm³/mol. The molecule has 0 fully saturated rings. The Labute approximate surface area is 142 Å². The predicted octanol–water partition coefficient (Wildman–Crippen LogP) is 1.39. The van der Waals surface area contributed by atoms with Gasteiger partial charge in [0.05, 0.1) is 18.5 Å². The first-order chi connectivity index (χ1) is 11.9. The Bertz CT molecular complexity index is 805. The monoisotopic (exact) mass is 344 g/mol. The van der Waals surface area contributed by atoms with Gasteiger partial charge in [0, 0.05) is 17.3 Å². The second-order valence-electron chi connectivity index (χ2n) is 5.04. The van der Waals surface area contributed by atoms with Crippen molar-refractivity contribution in [3.63, 3.8) is 0 Å². The topological polar surface area (TPSA) is 137 Å². The third-order valence-corrected chi connectivity index (χ3v) is 3.37. The third-order valence-electron chi connectivity index (χ3n) is 3.37. The molecule has 2 amide bonds. The number of hydrogen-bond donors (Lipinski definition) is 3. The second-order valence-corrected chi connectivity index (χ2v) is 5.04. The average molecular weight is 344 g/mol. The molecular formula is C16H16N4O5. The molecule has 25 heavy (non-hydrogen) atoms. The van der Waals surface area contributed by atoms with Gasteiger partial charge in [0.15, 0.2) is 5.75 Å². The number of nitro groups is 1. The Kier molecular flexibility index (Phi) is 5.64. The van der Waals surface area contributed by atoms with Gasteiger partial charge in [0.2, 0.25) is 5.91 Å². The SMILES string of the molecule is COc1ccc(CC(=O)Nc2ccc(C(=O)NN)cc2)cc1[N+](=O)[O-]. The van der Waals surface area contributed by atoms with Crippen LogP contribution < -0.4 is 21.3 Å². The maximum absolute atomic E-state index is 12.1. The van der Waals surface area contributed by atoms with E-state index >= 15 is 0 Å². The van der Waals surface area contributed by atoms with Gasteiger partial charge in [-0.1, -0.05) is 6.07 Å². The van der Waals surface area contributed by atoms with Crippen molar-refractivity contribution in [2.45, 2.75) is 6.42 Å². The lowest BCUT2D eigenvalue weighted by Crippen LogP contribution is -2.29. The van der Waals surface area contributed by atoms with Crippen molar-refractivity contribution in [3.8, 4) is 5.75 Å². The highest BCUT2D eigenvalue weighted by molar-refractivity contribution is 5.95. The number of nitrogens with two attached hydrogens (primary N) is 1. The van der Waals surface area contributed by atoms with Crippen molar-refractivity contribution >= 4 is 23.2 Å². The number of carbonyl (C=O) groups is 2. The molecule has 0 aromatic heterocycles. The molecule has 9 heteroatoms. The zero-order valence-electron chi connectivity index (χ0n) is 13.3. The number of nitrogen functional groups attached to an aromatic ring is 1. The van der Waals surface area contributed by atoms with Crippen LogP contribution in [0.5, 0.6) is 5.75 Å². The maximum atomic E-state index is 12.1. The highest BCUT2D eigenvalue weighted by atomic mass is 16.6. The quantitative estimate of drug-likeness (QED) is 0.313. The number of carbonyl (C=O) groups excluding carboxylic acids is 2. The van der Waals surface area contributed by atoms with Gasteiger partial charge in [-0.3, -0.25) is 25.1 Å². The van der Waals surface area contributed by atoms with Gasteiger partial charge in [-0.2, -0.15) is 0 Å². The van der Waals surface area contributed by atoms with E-state index in [1.165, 1.54) is 31.4 Å². The number of ether oxygens (including phenoxy) is 1. The minimum atomic E-state index is -0.568. The number of amides is 2. The lowest BCUT2D eigenvalue weighted by molar-refractivity contribution is -0.385. The fourth-order valence-electron chi connectivity index (χ4n) is 2.17. The summed E-state index contributed by atoms with van der Waals surface area (Å²) >= 11 is 0. The van der Waals surface area contributed by atoms with Gasteiger partial charge >= 0.3 is 5.69 Å². The number of nitrogens with zero attached hydrogens (tertiary/aromatic N) is 1.